The largest absolute Gasteiger partial charge is 0.469 e. The van der Waals surface area contributed by atoms with E-state index in [2.05, 4.69) is 13.5 Å². The van der Waals surface area contributed by atoms with Crippen LogP contribution in [0.1, 0.15) is 52.4 Å². The fourth-order valence-corrected chi connectivity index (χ4v) is 7.95. The van der Waals surface area contributed by atoms with Gasteiger partial charge in [-0.2, -0.15) is 0 Å². The summed E-state index contributed by atoms with van der Waals surface area (Å²) in [5.74, 6) is -0.852. The number of carbonyl (C=O) groups excluding carboxylic acids is 3. The van der Waals surface area contributed by atoms with E-state index in [9.17, 15) is 14.4 Å². The van der Waals surface area contributed by atoms with E-state index in [0.29, 0.717) is 25.7 Å². The van der Waals surface area contributed by atoms with Crippen molar-refractivity contribution in [2.75, 3.05) is 14.2 Å². The Kier molecular flexibility index (Phi) is 3.93. The Morgan fingerprint density at radius 2 is 1.85 bits per heavy atom. The lowest BCUT2D eigenvalue weighted by Crippen LogP contribution is -2.51. The topological polar surface area (TPSA) is 69.7 Å². The maximum absolute atomic E-state index is 13.1. The molecular formula is C22H30O5. The monoisotopic (exact) mass is 374 g/mol. The number of ether oxygens (including phenoxy) is 2. The molecule has 2 bridgehead atoms. The van der Waals surface area contributed by atoms with Gasteiger partial charge in [-0.1, -0.05) is 25.5 Å². The summed E-state index contributed by atoms with van der Waals surface area (Å²) in [6.45, 7) is 8.33. The van der Waals surface area contributed by atoms with Crippen LogP contribution < -0.4 is 0 Å². The van der Waals surface area contributed by atoms with Crippen LogP contribution in [0.3, 0.4) is 0 Å². The van der Waals surface area contributed by atoms with E-state index < -0.39 is 11.3 Å². The number of hydrogen-bond donors (Lipinski definition) is 0. The standard InChI is InChI=1S/C22H30O5/c1-12-10-22-11-13(12)14(23)9-15(22)20(2)7-6-8-21(3,19(25)27-5)17(20)16(22)18(24)26-4/h13,15-17H,1,6-11H2,2-5H3/t13-,15+,16-,17+,20+,21-,22+/m1/s1. The van der Waals surface area contributed by atoms with Crippen LogP contribution in [0.2, 0.25) is 0 Å². The number of Topliss-reactive ketones (excluding diaryl/α,β-unsaturated/α-hetero) is 1. The summed E-state index contributed by atoms with van der Waals surface area (Å²) in [7, 11) is 2.85. The molecule has 0 unspecified atom stereocenters. The first kappa shape index (κ1) is 18.7. The van der Waals surface area contributed by atoms with Gasteiger partial charge in [-0.05, 0) is 55.3 Å². The Hall–Kier alpha value is -1.65. The van der Waals surface area contributed by atoms with Crippen LogP contribution in [0, 0.1) is 39.9 Å². The van der Waals surface area contributed by atoms with E-state index in [1.807, 2.05) is 6.92 Å². The second-order valence-corrected chi connectivity index (χ2v) is 9.79. The fraction of sp³-hybridized carbons (Fsp3) is 0.773. The summed E-state index contributed by atoms with van der Waals surface area (Å²) < 4.78 is 10.5. The lowest BCUT2D eigenvalue weighted by atomic mass is 9.53. The number of ketones is 1. The van der Waals surface area contributed by atoms with E-state index in [-0.39, 0.29) is 46.3 Å². The van der Waals surface area contributed by atoms with Gasteiger partial charge in [0.2, 0.25) is 0 Å². The summed E-state index contributed by atoms with van der Waals surface area (Å²) >= 11 is 0. The molecule has 4 fully saturated rings. The predicted molar refractivity (Wildman–Crippen MR) is 98.5 cm³/mol. The number of allylic oxidation sites excluding steroid dienone is 1. The number of methoxy groups -OCH3 is 2. The first-order valence-electron chi connectivity index (χ1n) is 10.0. The maximum atomic E-state index is 13.1. The summed E-state index contributed by atoms with van der Waals surface area (Å²) in [6, 6.07) is 0. The van der Waals surface area contributed by atoms with Gasteiger partial charge in [0.1, 0.15) is 5.78 Å². The molecule has 7 atom stereocenters. The molecule has 0 aromatic carbocycles. The van der Waals surface area contributed by atoms with Gasteiger partial charge in [-0.3, -0.25) is 14.4 Å². The zero-order valence-corrected chi connectivity index (χ0v) is 16.8. The van der Waals surface area contributed by atoms with E-state index >= 15 is 0 Å². The Morgan fingerprint density at radius 3 is 2.48 bits per heavy atom. The van der Waals surface area contributed by atoms with Gasteiger partial charge in [0, 0.05) is 12.3 Å². The van der Waals surface area contributed by atoms with Crippen molar-refractivity contribution in [2.24, 2.45) is 39.9 Å². The van der Waals surface area contributed by atoms with E-state index in [1.165, 1.54) is 14.2 Å². The van der Waals surface area contributed by atoms with Crippen molar-refractivity contribution in [1.29, 1.82) is 0 Å². The molecular weight excluding hydrogens is 344 g/mol. The minimum Gasteiger partial charge on any atom is -0.469 e. The van der Waals surface area contributed by atoms with E-state index in [1.54, 1.807) is 0 Å². The van der Waals surface area contributed by atoms with Crippen LogP contribution in [-0.4, -0.2) is 31.9 Å². The molecule has 0 aliphatic heterocycles. The minimum atomic E-state index is -0.741. The molecule has 4 aliphatic rings. The first-order valence-corrected chi connectivity index (χ1v) is 10.0. The molecule has 5 nitrogen and oxygen atoms in total. The molecule has 4 saturated carbocycles. The molecule has 4 rings (SSSR count). The van der Waals surface area contributed by atoms with E-state index in [4.69, 9.17) is 9.47 Å². The Labute approximate surface area is 160 Å². The van der Waals surface area contributed by atoms with Gasteiger partial charge in [-0.25, -0.2) is 0 Å². The van der Waals surface area contributed by atoms with Crippen molar-refractivity contribution < 1.29 is 23.9 Å². The van der Waals surface area contributed by atoms with E-state index in [0.717, 1.165) is 18.4 Å². The fourth-order valence-electron chi connectivity index (χ4n) is 7.95. The average Bonchev–Trinajstić information content (AvgIpc) is 3.05. The van der Waals surface area contributed by atoms with Gasteiger partial charge in [0.05, 0.1) is 25.6 Å². The summed E-state index contributed by atoms with van der Waals surface area (Å²) in [6.07, 6.45) is 4.39. The predicted octanol–water partition coefficient (Wildman–Crippen LogP) is 3.32. The Morgan fingerprint density at radius 1 is 1.15 bits per heavy atom. The van der Waals surface area contributed by atoms with Gasteiger partial charge in [0.25, 0.3) is 0 Å². The third-order valence-electron chi connectivity index (χ3n) is 8.79. The van der Waals surface area contributed by atoms with Gasteiger partial charge in [0.15, 0.2) is 0 Å². The van der Waals surface area contributed by atoms with Gasteiger partial charge in [-0.15, -0.1) is 0 Å². The molecule has 0 aromatic heterocycles. The lowest BCUT2D eigenvalue weighted by Gasteiger charge is -2.50. The van der Waals surface area contributed by atoms with Gasteiger partial charge >= 0.3 is 11.9 Å². The molecule has 27 heavy (non-hydrogen) atoms. The van der Waals surface area contributed by atoms with Gasteiger partial charge < -0.3 is 9.47 Å². The maximum Gasteiger partial charge on any atom is 0.311 e. The lowest BCUT2D eigenvalue weighted by molar-refractivity contribution is -0.170. The number of rotatable bonds is 2. The normalized spacial score (nSPS) is 48.0. The summed E-state index contributed by atoms with van der Waals surface area (Å²) in [5, 5.41) is 0. The van der Waals surface area contributed by atoms with Crippen LogP contribution in [0.25, 0.3) is 0 Å². The molecule has 1 spiro atoms. The van der Waals surface area contributed by atoms with Crippen LogP contribution in [0.15, 0.2) is 12.2 Å². The second-order valence-electron chi connectivity index (χ2n) is 9.79. The number of carbonyl (C=O) groups is 3. The average molecular weight is 374 g/mol. The van der Waals surface area contributed by atoms with Crippen LogP contribution in [0.5, 0.6) is 0 Å². The second kappa shape index (κ2) is 5.68. The van der Waals surface area contributed by atoms with Crippen LogP contribution in [0.4, 0.5) is 0 Å². The van der Waals surface area contributed by atoms with Crippen molar-refractivity contribution in [2.45, 2.75) is 52.4 Å². The zero-order valence-electron chi connectivity index (χ0n) is 16.8. The minimum absolute atomic E-state index is 0.0892. The molecule has 4 aliphatic carbocycles. The Bertz CT molecular complexity index is 741. The highest BCUT2D eigenvalue weighted by atomic mass is 16.5. The van der Waals surface area contributed by atoms with Crippen LogP contribution in [-0.2, 0) is 23.9 Å². The molecule has 0 N–H and O–H groups in total. The molecule has 0 heterocycles. The van der Waals surface area contributed by atoms with Crippen molar-refractivity contribution in [1.82, 2.24) is 0 Å². The molecule has 0 radical (unpaired) electrons. The zero-order chi connectivity index (χ0) is 19.8. The van der Waals surface area contributed by atoms with Crippen LogP contribution >= 0.6 is 0 Å². The highest BCUT2D eigenvalue weighted by molar-refractivity contribution is 5.88. The van der Waals surface area contributed by atoms with Crippen molar-refractivity contribution >= 4 is 17.7 Å². The molecule has 148 valence electrons. The summed E-state index contributed by atoms with van der Waals surface area (Å²) in [4.78, 5) is 38.9. The third-order valence-corrected chi connectivity index (χ3v) is 8.79. The quantitative estimate of drug-likeness (QED) is 0.548. The number of hydrogen-bond acceptors (Lipinski definition) is 5. The van der Waals surface area contributed by atoms with Crippen molar-refractivity contribution in [3.8, 4) is 0 Å². The highest BCUT2D eigenvalue weighted by Gasteiger charge is 2.76. The molecule has 0 aromatic rings. The SMILES string of the molecule is C=C1C[C@]23C[C@H]1C(=O)C[C@H]2[C@]1(C)CCC[C@@](C)(C(=O)OC)[C@H]1[C@@H]3C(=O)OC. The van der Waals surface area contributed by atoms with Crippen molar-refractivity contribution in [3.05, 3.63) is 12.2 Å². The smallest absolute Gasteiger partial charge is 0.311 e. The number of esters is 2. The number of fused-ring (bicyclic) bond motifs is 3. The molecule has 5 heteroatoms. The Balaban J connectivity index is 1.94. The van der Waals surface area contributed by atoms with Crippen molar-refractivity contribution in [3.63, 3.8) is 0 Å². The molecule has 0 amide bonds. The highest BCUT2D eigenvalue weighted by Crippen LogP contribution is 2.77. The first-order chi connectivity index (χ1) is 12.7. The third kappa shape index (κ3) is 2.09. The summed E-state index contributed by atoms with van der Waals surface area (Å²) in [5.41, 5.74) is -0.360. The molecule has 0 saturated heterocycles.